The molecule has 1 saturated heterocycles. The summed E-state index contributed by atoms with van der Waals surface area (Å²) in [6.45, 7) is 3.09. The van der Waals surface area contributed by atoms with Crippen molar-refractivity contribution in [1.82, 2.24) is 25.0 Å². The number of nitrogens with one attached hydrogen (secondary N) is 1. The summed E-state index contributed by atoms with van der Waals surface area (Å²) < 4.78 is 1.90. The third-order valence-electron chi connectivity index (χ3n) is 5.10. The number of carbonyl (C=O) groups excluding carboxylic acids is 1. The van der Waals surface area contributed by atoms with Crippen molar-refractivity contribution in [1.29, 1.82) is 0 Å². The maximum Gasteiger partial charge on any atom is 0.242 e. The first kappa shape index (κ1) is 18.4. The Hall–Kier alpha value is -2.99. The van der Waals surface area contributed by atoms with Crippen LogP contribution in [0.1, 0.15) is 35.6 Å². The topological polar surface area (TPSA) is 63.1 Å². The first-order chi connectivity index (χ1) is 13.8. The largest absolute Gasteiger partial charge is 0.350 e. The Morgan fingerprint density at radius 1 is 1.04 bits per heavy atom. The quantitative estimate of drug-likeness (QED) is 0.690. The molecule has 1 aliphatic heterocycles. The van der Waals surface area contributed by atoms with Crippen molar-refractivity contribution in [2.24, 2.45) is 0 Å². The zero-order valence-electron chi connectivity index (χ0n) is 15.9. The number of hydrogen-bond donors (Lipinski definition) is 1. The fraction of sp³-hybridized carbons (Fsp3) is 0.318. The second kappa shape index (κ2) is 8.80. The molecule has 1 fully saturated rings. The van der Waals surface area contributed by atoms with Crippen LogP contribution in [0.4, 0.5) is 0 Å². The Morgan fingerprint density at radius 2 is 1.86 bits per heavy atom. The molecule has 3 heterocycles. The van der Waals surface area contributed by atoms with Crippen molar-refractivity contribution in [3.63, 3.8) is 0 Å². The molecule has 1 aromatic carbocycles. The third kappa shape index (κ3) is 4.46. The number of rotatable bonds is 7. The summed E-state index contributed by atoms with van der Waals surface area (Å²) in [5.41, 5.74) is 3.14. The van der Waals surface area contributed by atoms with Crippen molar-refractivity contribution in [3.8, 4) is 0 Å². The van der Waals surface area contributed by atoms with Crippen LogP contribution < -0.4 is 5.32 Å². The van der Waals surface area contributed by atoms with Gasteiger partial charge in [0, 0.05) is 30.7 Å². The van der Waals surface area contributed by atoms with E-state index in [2.05, 4.69) is 32.4 Å². The molecule has 0 unspecified atom stereocenters. The van der Waals surface area contributed by atoms with Gasteiger partial charge in [-0.3, -0.25) is 19.4 Å². The van der Waals surface area contributed by atoms with E-state index in [1.54, 1.807) is 12.4 Å². The Balaban J connectivity index is 1.40. The van der Waals surface area contributed by atoms with E-state index in [0.29, 0.717) is 6.54 Å². The second-order valence-electron chi connectivity index (χ2n) is 7.18. The SMILES string of the molecule is O=C(NCc1cnn(Cc2ccccc2)c1)[C@@H](c1cccnc1)N1CCCC1. The van der Waals surface area contributed by atoms with Gasteiger partial charge in [0.1, 0.15) is 6.04 Å². The van der Waals surface area contributed by atoms with Gasteiger partial charge in [-0.25, -0.2) is 0 Å². The molecule has 1 amide bonds. The highest BCUT2D eigenvalue weighted by Gasteiger charge is 2.29. The standard InChI is InChI=1S/C22H25N5O/c28-22(21(26-11-4-5-12-26)20-9-6-10-23-15-20)24-13-19-14-25-27(17-19)16-18-7-2-1-3-8-18/h1-3,6-10,14-15,17,21H,4-5,11-13,16H2,(H,24,28)/t21-/m1/s1. The second-order valence-corrected chi connectivity index (χ2v) is 7.18. The summed E-state index contributed by atoms with van der Waals surface area (Å²) >= 11 is 0. The van der Waals surface area contributed by atoms with Crippen molar-refractivity contribution in [3.05, 3.63) is 83.9 Å². The van der Waals surface area contributed by atoms with Gasteiger partial charge in [0.05, 0.1) is 12.7 Å². The Morgan fingerprint density at radius 3 is 2.61 bits per heavy atom. The van der Waals surface area contributed by atoms with Crippen molar-refractivity contribution < 1.29 is 4.79 Å². The van der Waals surface area contributed by atoms with Crippen molar-refractivity contribution >= 4 is 5.91 Å². The van der Waals surface area contributed by atoms with Crippen LogP contribution in [-0.4, -0.2) is 38.7 Å². The van der Waals surface area contributed by atoms with Gasteiger partial charge < -0.3 is 5.32 Å². The van der Waals surface area contributed by atoms with Crippen LogP contribution >= 0.6 is 0 Å². The fourth-order valence-electron chi connectivity index (χ4n) is 3.71. The third-order valence-corrected chi connectivity index (χ3v) is 5.10. The minimum Gasteiger partial charge on any atom is -0.350 e. The molecule has 28 heavy (non-hydrogen) atoms. The molecule has 0 aliphatic carbocycles. The smallest absolute Gasteiger partial charge is 0.242 e. The first-order valence-corrected chi connectivity index (χ1v) is 9.76. The van der Waals surface area contributed by atoms with E-state index in [1.165, 1.54) is 5.56 Å². The summed E-state index contributed by atoms with van der Waals surface area (Å²) in [7, 11) is 0. The van der Waals surface area contributed by atoms with E-state index < -0.39 is 0 Å². The molecule has 2 aromatic heterocycles. The number of amides is 1. The highest BCUT2D eigenvalue weighted by atomic mass is 16.2. The predicted molar refractivity (Wildman–Crippen MR) is 107 cm³/mol. The molecule has 0 saturated carbocycles. The van der Waals surface area contributed by atoms with Gasteiger partial charge in [0.15, 0.2) is 0 Å². The van der Waals surface area contributed by atoms with E-state index in [9.17, 15) is 4.79 Å². The van der Waals surface area contributed by atoms with E-state index in [0.717, 1.165) is 43.6 Å². The van der Waals surface area contributed by atoms with Gasteiger partial charge in [-0.2, -0.15) is 5.10 Å². The summed E-state index contributed by atoms with van der Waals surface area (Å²) in [4.78, 5) is 19.4. The minimum absolute atomic E-state index is 0.0192. The lowest BCUT2D eigenvalue weighted by atomic mass is 10.1. The molecule has 1 N–H and O–H groups in total. The maximum absolute atomic E-state index is 13.0. The lowest BCUT2D eigenvalue weighted by Crippen LogP contribution is -2.39. The molecular formula is C22H25N5O. The van der Waals surface area contributed by atoms with Gasteiger partial charge >= 0.3 is 0 Å². The minimum atomic E-state index is -0.282. The monoisotopic (exact) mass is 375 g/mol. The predicted octanol–water partition coefficient (Wildman–Crippen LogP) is 2.78. The van der Waals surface area contributed by atoms with Crippen LogP contribution in [0, 0.1) is 0 Å². The lowest BCUT2D eigenvalue weighted by molar-refractivity contribution is -0.126. The Kier molecular flexibility index (Phi) is 5.77. The first-order valence-electron chi connectivity index (χ1n) is 9.76. The maximum atomic E-state index is 13.0. The zero-order chi connectivity index (χ0) is 19.2. The molecule has 0 bridgehead atoms. The average Bonchev–Trinajstić information content (AvgIpc) is 3.41. The van der Waals surface area contributed by atoms with E-state index in [-0.39, 0.29) is 11.9 Å². The number of benzene rings is 1. The normalized spacial score (nSPS) is 15.4. The van der Waals surface area contributed by atoms with Crippen LogP contribution in [0.3, 0.4) is 0 Å². The Bertz CT molecular complexity index is 888. The lowest BCUT2D eigenvalue weighted by Gasteiger charge is -2.26. The van der Waals surface area contributed by atoms with E-state index in [4.69, 9.17) is 0 Å². The summed E-state index contributed by atoms with van der Waals surface area (Å²) in [6, 6.07) is 13.8. The molecule has 0 spiro atoms. The summed E-state index contributed by atoms with van der Waals surface area (Å²) in [5, 5.41) is 7.50. The van der Waals surface area contributed by atoms with Gasteiger partial charge in [-0.05, 0) is 43.1 Å². The van der Waals surface area contributed by atoms with Crippen LogP contribution in [0.25, 0.3) is 0 Å². The van der Waals surface area contributed by atoms with Crippen LogP contribution in [0.5, 0.6) is 0 Å². The molecule has 1 atom stereocenters. The zero-order valence-corrected chi connectivity index (χ0v) is 15.9. The number of carbonyl (C=O) groups is 1. The van der Waals surface area contributed by atoms with Crippen LogP contribution in [0.15, 0.2) is 67.3 Å². The number of aromatic nitrogens is 3. The Labute approximate surface area is 165 Å². The van der Waals surface area contributed by atoms with Crippen LogP contribution in [-0.2, 0) is 17.9 Å². The van der Waals surface area contributed by atoms with Gasteiger partial charge in [-0.1, -0.05) is 36.4 Å². The van der Waals surface area contributed by atoms with Crippen molar-refractivity contribution in [2.75, 3.05) is 13.1 Å². The van der Waals surface area contributed by atoms with Gasteiger partial charge in [-0.15, -0.1) is 0 Å². The number of nitrogens with zero attached hydrogens (tertiary/aromatic N) is 4. The number of likely N-dealkylation sites (tertiary alicyclic amines) is 1. The van der Waals surface area contributed by atoms with E-state index in [1.807, 2.05) is 47.4 Å². The molecule has 144 valence electrons. The average molecular weight is 375 g/mol. The highest BCUT2D eigenvalue weighted by Crippen LogP contribution is 2.24. The van der Waals surface area contributed by atoms with Gasteiger partial charge in [0.25, 0.3) is 0 Å². The number of hydrogen-bond acceptors (Lipinski definition) is 4. The molecular weight excluding hydrogens is 350 g/mol. The van der Waals surface area contributed by atoms with Crippen LogP contribution in [0.2, 0.25) is 0 Å². The molecule has 0 radical (unpaired) electrons. The van der Waals surface area contributed by atoms with E-state index >= 15 is 0 Å². The van der Waals surface area contributed by atoms with Crippen molar-refractivity contribution in [2.45, 2.75) is 32.0 Å². The molecule has 3 aromatic rings. The molecule has 6 nitrogen and oxygen atoms in total. The fourth-order valence-corrected chi connectivity index (χ4v) is 3.71. The molecule has 1 aliphatic rings. The molecule has 4 rings (SSSR count). The summed E-state index contributed by atoms with van der Waals surface area (Å²) in [5.74, 6) is 0.0192. The highest BCUT2D eigenvalue weighted by molar-refractivity contribution is 5.83. The summed E-state index contributed by atoms with van der Waals surface area (Å²) in [6.07, 6.45) is 9.61. The molecule has 6 heteroatoms. The van der Waals surface area contributed by atoms with Gasteiger partial charge in [0.2, 0.25) is 5.91 Å². The number of pyridine rings is 1.